The van der Waals surface area contributed by atoms with Crippen LogP contribution in [-0.2, 0) is 11.2 Å². The van der Waals surface area contributed by atoms with Crippen molar-refractivity contribution < 1.29 is 4.79 Å². The Kier molecular flexibility index (Phi) is 9.26. The van der Waals surface area contributed by atoms with Crippen LogP contribution < -0.4 is 10.2 Å². The quantitative estimate of drug-likeness (QED) is 0.322. The third kappa shape index (κ3) is 7.16. The van der Waals surface area contributed by atoms with Gasteiger partial charge in [-0.1, -0.05) is 72.5 Å². The monoisotopic (exact) mass is 495 g/mol. The van der Waals surface area contributed by atoms with Crippen LogP contribution in [0.3, 0.4) is 0 Å². The molecule has 0 radical (unpaired) electrons. The molecule has 0 saturated heterocycles. The number of hydrogen-bond acceptors (Lipinski definition) is 5. The highest BCUT2D eigenvalue weighted by Crippen LogP contribution is 2.35. The maximum absolute atomic E-state index is 11.8. The van der Waals surface area contributed by atoms with Gasteiger partial charge < -0.3 is 10.2 Å². The van der Waals surface area contributed by atoms with Gasteiger partial charge in [0, 0.05) is 37.2 Å². The summed E-state index contributed by atoms with van der Waals surface area (Å²) in [6.45, 7) is 6.60. The average molecular weight is 496 g/mol. The highest BCUT2D eigenvalue weighted by atomic mass is 16.1. The second-order valence-corrected chi connectivity index (χ2v) is 9.94. The summed E-state index contributed by atoms with van der Waals surface area (Å²) in [6.07, 6.45) is 6.99. The molecule has 0 atom stereocenters. The average Bonchev–Trinajstić information content (AvgIpc) is 2.91. The lowest BCUT2D eigenvalue weighted by Gasteiger charge is -2.30. The Morgan fingerprint density at radius 2 is 1.54 bits per heavy atom. The Morgan fingerprint density at radius 1 is 0.919 bits per heavy atom. The molecule has 0 unspecified atom stereocenters. The predicted molar refractivity (Wildman–Crippen MR) is 149 cm³/mol. The SMILES string of the molecule is Cc1ccc(-c2nc3c(nc2-c2ccc(C)cc2)N(CCCCCCC(=O)NCCC#N)CCC3)cc1. The molecule has 2 aromatic carbocycles. The molecule has 3 aromatic rings. The van der Waals surface area contributed by atoms with Gasteiger partial charge in [0.05, 0.1) is 29.6 Å². The Labute approximate surface area is 220 Å². The number of aromatic nitrogens is 2. The molecule has 0 spiro atoms. The minimum absolute atomic E-state index is 0.0449. The van der Waals surface area contributed by atoms with Gasteiger partial charge >= 0.3 is 0 Å². The van der Waals surface area contributed by atoms with Crippen molar-refractivity contribution in [2.45, 2.75) is 65.2 Å². The molecule has 0 aliphatic carbocycles. The molecule has 1 aliphatic heterocycles. The normalized spacial score (nSPS) is 12.6. The zero-order valence-electron chi connectivity index (χ0n) is 22.1. The summed E-state index contributed by atoms with van der Waals surface area (Å²) in [6, 6.07) is 19.2. The van der Waals surface area contributed by atoms with E-state index in [0.29, 0.717) is 19.4 Å². The van der Waals surface area contributed by atoms with Crippen LogP contribution in [0.5, 0.6) is 0 Å². The first kappa shape index (κ1) is 26.3. The lowest BCUT2D eigenvalue weighted by atomic mass is 10.0. The van der Waals surface area contributed by atoms with Gasteiger partial charge in [-0.3, -0.25) is 4.79 Å². The van der Waals surface area contributed by atoms with Gasteiger partial charge in [-0.15, -0.1) is 0 Å². The molecule has 0 fully saturated rings. The van der Waals surface area contributed by atoms with Crippen LogP contribution in [0.25, 0.3) is 22.5 Å². The van der Waals surface area contributed by atoms with E-state index in [0.717, 1.165) is 85.6 Å². The zero-order chi connectivity index (χ0) is 26.0. The number of nitriles is 1. The molecule has 1 aromatic heterocycles. The molecular weight excluding hydrogens is 458 g/mol. The van der Waals surface area contributed by atoms with Gasteiger partial charge in [0.1, 0.15) is 0 Å². The Hall–Kier alpha value is -3.72. The van der Waals surface area contributed by atoms with Crippen molar-refractivity contribution in [3.63, 3.8) is 0 Å². The number of anilines is 1. The summed E-state index contributed by atoms with van der Waals surface area (Å²) in [5.41, 5.74) is 7.65. The number of unbranched alkanes of at least 4 members (excludes halogenated alkanes) is 3. The van der Waals surface area contributed by atoms with Crippen LogP contribution in [0.4, 0.5) is 5.82 Å². The zero-order valence-corrected chi connectivity index (χ0v) is 22.1. The molecule has 4 rings (SSSR count). The molecule has 6 heteroatoms. The summed E-state index contributed by atoms with van der Waals surface area (Å²) >= 11 is 0. The number of nitrogens with zero attached hydrogens (tertiary/aromatic N) is 4. The van der Waals surface area contributed by atoms with Gasteiger partial charge in [-0.25, -0.2) is 9.97 Å². The first-order chi connectivity index (χ1) is 18.0. The van der Waals surface area contributed by atoms with E-state index >= 15 is 0 Å². The molecule has 1 N–H and O–H groups in total. The lowest BCUT2D eigenvalue weighted by molar-refractivity contribution is -0.121. The van der Waals surface area contributed by atoms with Crippen LogP contribution >= 0.6 is 0 Å². The van der Waals surface area contributed by atoms with E-state index in [1.165, 1.54) is 11.1 Å². The van der Waals surface area contributed by atoms with E-state index in [-0.39, 0.29) is 5.91 Å². The van der Waals surface area contributed by atoms with Crippen molar-refractivity contribution >= 4 is 11.7 Å². The van der Waals surface area contributed by atoms with E-state index < -0.39 is 0 Å². The number of carbonyl (C=O) groups is 1. The largest absolute Gasteiger partial charge is 0.355 e. The summed E-state index contributed by atoms with van der Waals surface area (Å²) in [4.78, 5) is 24.7. The number of amides is 1. The summed E-state index contributed by atoms with van der Waals surface area (Å²) in [5, 5.41) is 11.4. The topological polar surface area (TPSA) is 81.9 Å². The molecule has 37 heavy (non-hydrogen) atoms. The third-order valence-electron chi connectivity index (χ3n) is 6.88. The van der Waals surface area contributed by atoms with Crippen LogP contribution in [0.2, 0.25) is 0 Å². The number of carbonyl (C=O) groups excluding carboxylic acids is 1. The molecule has 2 heterocycles. The Bertz CT molecular complexity index is 1230. The summed E-state index contributed by atoms with van der Waals surface area (Å²) < 4.78 is 0. The van der Waals surface area contributed by atoms with Gasteiger partial charge in [-0.2, -0.15) is 5.26 Å². The van der Waals surface area contributed by atoms with Crippen LogP contribution in [0.1, 0.15) is 61.8 Å². The number of fused-ring (bicyclic) bond motifs is 1. The summed E-state index contributed by atoms with van der Waals surface area (Å²) in [7, 11) is 0. The molecule has 0 bridgehead atoms. The number of rotatable bonds is 11. The van der Waals surface area contributed by atoms with Crippen molar-refractivity contribution in [1.29, 1.82) is 5.26 Å². The second-order valence-electron chi connectivity index (χ2n) is 9.94. The molecule has 192 valence electrons. The van der Waals surface area contributed by atoms with Gasteiger partial charge in [0.15, 0.2) is 5.82 Å². The van der Waals surface area contributed by atoms with Crippen molar-refractivity contribution in [1.82, 2.24) is 15.3 Å². The number of hydrogen-bond donors (Lipinski definition) is 1. The van der Waals surface area contributed by atoms with E-state index in [2.05, 4.69) is 72.6 Å². The number of nitrogens with one attached hydrogen (secondary N) is 1. The fourth-order valence-corrected chi connectivity index (χ4v) is 4.76. The minimum atomic E-state index is 0.0449. The third-order valence-corrected chi connectivity index (χ3v) is 6.88. The molecule has 1 amide bonds. The van der Waals surface area contributed by atoms with E-state index in [4.69, 9.17) is 15.2 Å². The van der Waals surface area contributed by atoms with E-state index in [9.17, 15) is 4.79 Å². The van der Waals surface area contributed by atoms with Crippen molar-refractivity contribution in [2.24, 2.45) is 0 Å². The smallest absolute Gasteiger partial charge is 0.220 e. The lowest BCUT2D eigenvalue weighted by Crippen LogP contribution is -2.32. The first-order valence-corrected chi connectivity index (χ1v) is 13.5. The minimum Gasteiger partial charge on any atom is -0.355 e. The van der Waals surface area contributed by atoms with Gasteiger partial charge in [-0.05, 0) is 39.5 Å². The van der Waals surface area contributed by atoms with Crippen molar-refractivity contribution in [2.75, 3.05) is 24.5 Å². The molecule has 0 saturated carbocycles. The Balaban J connectivity index is 1.45. The number of benzene rings is 2. The van der Waals surface area contributed by atoms with Crippen LogP contribution in [0.15, 0.2) is 48.5 Å². The van der Waals surface area contributed by atoms with Gasteiger partial charge in [0.25, 0.3) is 0 Å². The van der Waals surface area contributed by atoms with Crippen molar-refractivity contribution in [3.05, 3.63) is 65.4 Å². The van der Waals surface area contributed by atoms with E-state index in [1.54, 1.807) is 0 Å². The highest BCUT2D eigenvalue weighted by molar-refractivity contribution is 5.80. The highest BCUT2D eigenvalue weighted by Gasteiger charge is 2.23. The van der Waals surface area contributed by atoms with Crippen LogP contribution in [0, 0.1) is 25.2 Å². The fourth-order valence-electron chi connectivity index (χ4n) is 4.76. The number of aryl methyl sites for hydroxylation is 3. The maximum Gasteiger partial charge on any atom is 0.220 e. The predicted octanol–water partition coefficient (Wildman–Crippen LogP) is 6.16. The molecule has 1 aliphatic rings. The fraction of sp³-hybridized carbons (Fsp3) is 0.419. The standard InChI is InChI=1S/C31H37N5O/c1-23-11-15-25(16-12-23)29-30(26-17-13-24(2)14-18-26)35-31-27(34-29)9-7-22-36(31)21-6-4-3-5-10-28(37)33-20-8-19-32/h11-18H,3-10,20-22H2,1-2H3,(H,33,37). The maximum atomic E-state index is 11.8. The van der Waals surface area contributed by atoms with Crippen molar-refractivity contribution in [3.8, 4) is 28.6 Å². The molecule has 6 nitrogen and oxygen atoms in total. The first-order valence-electron chi connectivity index (χ1n) is 13.5. The second kappa shape index (κ2) is 13.0. The Morgan fingerprint density at radius 3 is 2.19 bits per heavy atom. The van der Waals surface area contributed by atoms with E-state index in [1.807, 2.05) is 6.07 Å². The van der Waals surface area contributed by atoms with Gasteiger partial charge in [0.2, 0.25) is 5.91 Å². The molecular formula is C31H37N5O. The van der Waals surface area contributed by atoms with Crippen LogP contribution in [-0.4, -0.2) is 35.5 Å². The summed E-state index contributed by atoms with van der Waals surface area (Å²) in [5.74, 6) is 1.07.